The largest absolute Gasteiger partial charge is 0.456 e. The van der Waals surface area contributed by atoms with E-state index < -0.39 is 6.10 Å². The van der Waals surface area contributed by atoms with Gasteiger partial charge in [0.1, 0.15) is 0 Å². The lowest BCUT2D eigenvalue weighted by molar-refractivity contribution is -0.490. The molecular weight excluding hydrogens is 276 g/mol. The third kappa shape index (κ3) is 4.77. The lowest BCUT2D eigenvalue weighted by Crippen LogP contribution is -2.27. The Kier molecular flexibility index (Phi) is 5.88. The van der Waals surface area contributed by atoms with Crippen LogP contribution in [0.3, 0.4) is 0 Å². The SMILES string of the molecule is CC(C)c1ccc(C(C[N+](=O)[O-])OC(=S)N(C)C)cc1. The molecular formula is C14H20N2O3S. The van der Waals surface area contributed by atoms with Crippen molar-refractivity contribution in [3.05, 3.63) is 45.5 Å². The first-order valence-electron chi connectivity index (χ1n) is 6.41. The summed E-state index contributed by atoms with van der Waals surface area (Å²) < 4.78 is 5.52. The summed E-state index contributed by atoms with van der Waals surface area (Å²) in [5, 5.41) is 11.0. The minimum atomic E-state index is -0.666. The van der Waals surface area contributed by atoms with Crippen LogP contribution in [0.1, 0.15) is 37.0 Å². The fraction of sp³-hybridized carbons (Fsp3) is 0.500. The van der Waals surface area contributed by atoms with E-state index in [1.165, 1.54) is 5.56 Å². The second-order valence-electron chi connectivity index (χ2n) is 5.10. The summed E-state index contributed by atoms with van der Waals surface area (Å²) in [5.74, 6) is 0.418. The van der Waals surface area contributed by atoms with Crippen LogP contribution in [0.5, 0.6) is 0 Å². The Morgan fingerprint density at radius 1 is 1.30 bits per heavy atom. The van der Waals surface area contributed by atoms with E-state index in [1.807, 2.05) is 24.3 Å². The first kappa shape index (κ1) is 16.4. The monoisotopic (exact) mass is 296 g/mol. The molecule has 0 saturated heterocycles. The maximum absolute atomic E-state index is 10.8. The molecule has 0 aliphatic rings. The summed E-state index contributed by atoms with van der Waals surface area (Å²) >= 11 is 5.06. The van der Waals surface area contributed by atoms with E-state index in [4.69, 9.17) is 17.0 Å². The van der Waals surface area contributed by atoms with Gasteiger partial charge in [-0.25, -0.2) is 0 Å². The molecule has 0 aliphatic heterocycles. The predicted molar refractivity (Wildman–Crippen MR) is 82.5 cm³/mol. The van der Waals surface area contributed by atoms with E-state index >= 15 is 0 Å². The average molecular weight is 296 g/mol. The van der Waals surface area contributed by atoms with Gasteiger partial charge in [0, 0.05) is 19.0 Å². The van der Waals surface area contributed by atoms with E-state index in [0.717, 1.165) is 5.56 Å². The number of nitrogens with zero attached hydrogens (tertiary/aromatic N) is 2. The summed E-state index contributed by atoms with van der Waals surface area (Å²) in [4.78, 5) is 12.0. The number of benzene rings is 1. The molecule has 0 aliphatic carbocycles. The van der Waals surface area contributed by atoms with E-state index in [0.29, 0.717) is 5.92 Å². The van der Waals surface area contributed by atoms with Gasteiger partial charge in [0.05, 0.1) is 0 Å². The van der Waals surface area contributed by atoms with Crippen molar-refractivity contribution in [2.45, 2.75) is 25.9 Å². The highest BCUT2D eigenvalue weighted by molar-refractivity contribution is 7.80. The number of hydrogen-bond donors (Lipinski definition) is 0. The van der Waals surface area contributed by atoms with Crippen molar-refractivity contribution in [3.8, 4) is 0 Å². The second kappa shape index (κ2) is 7.19. The minimum absolute atomic E-state index is 0.241. The molecule has 0 aromatic heterocycles. The molecule has 0 bridgehead atoms. The quantitative estimate of drug-likeness (QED) is 0.475. The fourth-order valence-electron chi connectivity index (χ4n) is 1.67. The molecule has 1 aromatic carbocycles. The highest BCUT2D eigenvalue weighted by Gasteiger charge is 2.21. The van der Waals surface area contributed by atoms with E-state index in [9.17, 15) is 10.1 Å². The van der Waals surface area contributed by atoms with Crippen molar-refractivity contribution in [2.75, 3.05) is 20.6 Å². The number of nitro groups is 1. The molecule has 110 valence electrons. The zero-order chi connectivity index (χ0) is 15.3. The zero-order valence-corrected chi connectivity index (χ0v) is 13.0. The fourth-order valence-corrected chi connectivity index (χ4v) is 1.78. The summed E-state index contributed by atoms with van der Waals surface area (Å²) in [7, 11) is 3.49. The molecule has 1 unspecified atom stereocenters. The average Bonchev–Trinajstić information content (AvgIpc) is 2.37. The van der Waals surface area contributed by atoms with Crippen molar-refractivity contribution < 1.29 is 9.66 Å². The second-order valence-corrected chi connectivity index (χ2v) is 5.45. The van der Waals surface area contributed by atoms with Crippen LogP contribution in [0.15, 0.2) is 24.3 Å². The van der Waals surface area contributed by atoms with Crippen LogP contribution in [0.4, 0.5) is 0 Å². The molecule has 0 heterocycles. The summed E-state index contributed by atoms with van der Waals surface area (Å²) in [5.41, 5.74) is 1.94. The Hall–Kier alpha value is -1.69. The van der Waals surface area contributed by atoms with Gasteiger partial charge >= 0.3 is 0 Å². The maximum atomic E-state index is 10.8. The number of rotatable bonds is 5. The van der Waals surface area contributed by atoms with Gasteiger partial charge < -0.3 is 9.64 Å². The minimum Gasteiger partial charge on any atom is -0.456 e. The van der Waals surface area contributed by atoms with Crippen LogP contribution in [0, 0.1) is 10.1 Å². The van der Waals surface area contributed by atoms with Gasteiger partial charge in [-0.15, -0.1) is 0 Å². The van der Waals surface area contributed by atoms with Crippen LogP contribution in [-0.4, -0.2) is 35.6 Å². The van der Waals surface area contributed by atoms with Crippen molar-refractivity contribution >= 4 is 17.4 Å². The standard InChI is InChI=1S/C14H20N2O3S/c1-10(2)11-5-7-12(8-6-11)13(9-16(17)18)19-14(20)15(3)4/h5-8,10,13H,9H2,1-4H3. The van der Waals surface area contributed by atoms with Gasteiger partial charge in [-0.2, -0.15) is 0 Å². The molecule has 0 amide bonds. The van der Waals surface area contributed by atoms with Crippen LogP contribution in [-0.2, 0) is 4.74 Å². The molecule has 6 heteroatoms. The molecule has 0 radical (unpaired) electrons. The van der Waals surface area contributed by atoms with Gasteiger partial charge in [0.25, 0.3) is 5.17 Å². The molecule has 0 fully saturated rings. The number of thiocarbonyl (C=S) groups is 1. The smallest absolute Gasteiger partial charge is 0.259 e. The van der Waals surface area contributed by atoms with Crippen molar-refractivity contribution in [1.29, 1.82) is 0 Å². The van der Waals surface area contributed by atoms with Gasteiger partial charge in [0.2, 0.25) is 6.54 Å². The normalized spacial score (nSPS) is 12.1. The van der Waals surface area contributed by atoms with Gasteiger partial charge in [0.15, 0.2) is 6.10 Å². The molecule has 5 nitrogen and oxygen atoms in total. The zero-order valence-electron chi connectivity index (χ0n) is 12.2. The van der Waals surface area contributed by atoms with Crippen molar-refractivity contribution in [3.63, 3.8) is 0 Å². The lowest BCUT2D eigenvalue weighted by atomic mass is 10.00. The molecule has 1 atom stereocenters. The molecule has 1 aromatic rings. The third-order valence-electron chi connectivity index (χ3n) is 2.90. The first-order chi connectivity index (χ1) is 9.31. The number of hydrogen-bond acceptors (Lipinski definition) is 4. The van der Waals surface area contributed by atoms with E-state index in [2.05, 4.69) is 13.8 Å². The van der Waals surface area contributed by atoms with Gasteiger partial charge in [-0.1, -0.05) is 38.1 Å². The summed E-state index contributed by atoms with van der Waals surface area (Å²) in [6, 6.07) is 7.66. The molecule has 0 spiro atoms. The third-order valence-corrected chi connectivity index (χ3v) is 3.36. The molecule has 0 N–H and O–H groups in total. The molecule has 20 heavy (non-hydrogen) atoms. The Labute approximate surface area is 124 Å². The van der Waals surface area contributed by atoms with E-state index in [-0.39, 0.29) is 16.6 Å². The topological polar surface area (TPSA) is 55.6 Å². The van der Waals surface area contributed by atoms with Crippen LogP contribution in [0.25, 0.3) is 0 Å². The van der Waals surface area contributed by atoms with Crippen LogP contribution in [0.2, 0.25) is 0 Å². The van der Waals surface area contributed by atoms with Crippen molar-refractivity contribution in [2.24, 2.45) is 0 Å². The number of ether oxygens (including phenoxy) is 1. The Morgan fingerprint density at radius 2 is 1.80 bits per heavy atom. The predicted octanol–water partition coefficient (Wildman–Crippen LogP) is 2.99. The summed E-state index contributed by atoms with van der Waals surface area (Å²) in [6.45, 7) is 3.89. The Bertz CT molecular complexity index is 472. The van der Waals surface area contributed by atoms with Crippen molar-refractivity contribution in [1.82, 2.24) is 4.90 Å². The molecule has 0 saturated carbocycles. The first-order valence-corrected chi connectivity index (χ1v) is 6.81. The van der Waals surface area contributed by atoms with Gasteiger partial charge in [-0.05, 0) is 29.3 Å². The highest BCUT2D eigenvalue weighted by atomic mass is 32.1. The maximum Gasteiger partial charge on any atom is 0.259 e. The highest BCUT2D eigenvalue weighted by Crippen LogP contribution is 2.22. The summed E-state index contributed by atoms with van der Waals surface area (Å²) in [6.07, 6.45) is -0.666. The van der Waals surface area contributed by atoms with E-state index in [1.54, 1.807) is 19.0 Å². The Morgan fingerprint density at radius 3 is 2.20 bits per heavy atom. The lowest BCUT2D eigenvalue weighted by Gasteiger charge is -2.20. The van der Waals surface area contributed by atoms with Crippen LogP contribution >= 0.6 is 12.2 Å². The Balaban J connectivity index is 2.92. The van der Waals surface area contributed by atoms with Gasteiger partial charge in [-0.3, -0.25) is 10.1 Å². The molecule has 1 rings (SSSR count). The van der Waals surface area contributed by atoms with Crippen LogP contribution < -0.4 is 0 Å².